The highest BCUT2D eigenvalue weighted by atomic mass is 15.1. The number of imidazole rings is 1. The van der Waals surface area contributed by atoms with E-state index >= 15 is 0 Å². The SMILES string of the molecule is CCc1cnc(NCCCn2ccnc2CC)nc1. The van der Waals surface area contributed by atoms with E-state index in [1.807, 2.05) is 24.8 Å². The molecule has 2 aromatic heterocycles. The Morgan fingerprint density at radius 1 is 1.11 bits per heavy atom. The fraction of sp³-hybridized carbons (Fsp3) is 0.500. The van der Waals surface area contributed by atoms with Crippen molar-refractivity contribution in [1.82, 2.24) is 19.5 Å². The first-order valence-electron chi connectivity index (χ1n) is 6.88. The van der Waals surface area contributed by atoms with E-state index < -0.39 is 0 Å². The number of nitrogens with zero attached hydrogens (tertiary/aromatic N) is 4. The second-order valence-corrected chi connectivity index (χ2v) is 4.44. The van der Waals surface area contributed by atoms with Crippen LogP contribution in [0.4, 0.5) is 5.95 Å². The normalized spacial score (nSPS) is 10.6. The second kappa shape index (κ2) is 6.87. The average Bonchev–Trinajstić information content (AvgIpc) is 2.91. The standard InChI is InChI=1S/C14H21N5/c1-3-12-10-17-14(18-11-12)16-6-5-8-19-9-7-15-13(19)4-2/h7,9-11H,3-6,8H2,1-2H3,(H,16,17,18). The van der Waals surface area contributed by atoms with Crippen LogP contribution in [-0.2, 0) is 19.4 Å². The van der Waals surface area contributed by atoms with E-state index in [2.05, 4.69) is 38.7 Å². The van der Waals surface area contributed by atoms with Gasteiger partial charge in [0.1, 0.15) is 5.82 Å². The summed E-state index contributed by atoms with van der Waals surface area (Å²) >= 11 is 0. The average molecular weight is 259 g/mol. The number of nitrogens with one attached hydrogen (secondary N) is 1. The van der Waals surface area contributed by atoms with E-state index in [-0.39, 0.29) is 0 Å². The molecule has 0 aliphatic carbocycles. The maximum Gasteiger partial charge on any atom is 0.222 e. The quantitative estimate of drug-likeness (QED) is 0.775. The van der Waals surface area contributed by atoms with E-state index in [1.54, 1.807) is 0 Å². The minimum atomic E-state index is 0.707. The number of aromatic nitrogens is 4. The first-order valence-corrected chi connectivity index (χ1v) is 6.88. The van der Waals surface area contributed by atoms with Gasteiger partial charge in [-0.25, -0.2) is 15.0 Å². The minimum absolute atomic E-state index is 0.707. The number of hydrogen-bond acceptors (Lipinski definition) is 4. The predicted octanol–water partition coefficient (Wildman–Crippen LogP) is 2.30. The molecule has 0 saturated heterocycles. The smallest absolute Gasteiger partial charge is 0.222 e. The van der Waals surface area contributed by atoms with Crippen molar-refractivity contribution >= 4 is 5.95 Å². The van der Waals surface area contributed by atoms with Crippen molar-refractivity contribution in [3.05, 3.63) is 36.2 Å². The molecule has 5 heteroatoms. The topological polar surface area (TPSA) is 55.6 Å². The number of anilines is 1. The monoisotopic (exact) mass is 259 g/mol. The molecule has 102 valence electrons. The van der Waals surface area contributed by atoms with Crippen molar-refractivity contribution in [2.75, 3.05) is 11.9 Å². The summed E-state index contributed by atoms with van der Waals surface area (Å²) in [4.78, 5) is 12.9. The lowest BCUT2D eigenvalue weighted by Crippen LogP contribution is -2.10. The summed E-state index contributed by atoms with van der Waals surface area (Å²) in [6.07, 6.45) is 10.6. The summed E-state index contributed by atoms with van der Waals surface area (Å²) in [6.45, 7) is 6.07. The van der Waals surface area contributed by atoms with Crippen molar-refractivity contribution in [2.24, 2.45) is 0 Å². The first kappa shape index (κ1) is 13.5. The lowest BCUT2D eigenvalue weighted by molar-refractivity contribution is 0.628. The van der Waals surface area contributed by atoms with Gasteiger partial charge < -0.3 is 9.88 Å². The molecule has 0 fully saturated rings. The summed E-state index contributed by atoms with van der Waals surface area (Å²) in [6, 6.07) is 0. The summed E-state index contributed by atoms with van der Waals surface area (Å²) < 4.78 is 2.20. The molecule has 0 amide bonds. The van der Waals surface area contributed by atoms with Crippen molar-refractivity contribution in [3.8, 4) is 0 Å². The van der Waals surface area contributed by atoms with Gasteiger partial charge in [0.25, 0.3) is 0 Å². The summed E-state index contributed by atoms with van der Waals surface area (Å²) in [5, 5.41) is 3.24. The highest BCUT2D eigenvalue weighted by molar-refractivity contribution is 5.24. The van der Waals surface area contributed by atoms with Crippen LogP contribution in [0.15, 0.2) is 24.8 Å². The van der Waals surface area contributed by atoms with E-state index in [4.69, 9.17) is 0 Å². The van der Waals surface area contributed by atoms with Crippen molar-refractivity contribution in [2.45, 2.75) is 39.7 Å². The molecule has 0 atom stereocenters. The Balaban J connectivity index is 1.74. The van der Waals surface area contributed by atoms with Crippen molar-refractivity contribution < 1.29 is 0 Å². The Morgan fingerprint density at radius 3 is 2.58 bits per heavy atom. The maximum atomic E-state index is 4.31. The molecule has 0 aliphatic rings. The molecule has 0 aliphatic heterocycles. The van der Waals surface area contributed by atoms with E-state index in [0.29, 0.717) is 5.95 Å². The Morgan fingerprint density at radius 2 is 1.89 bits per heavy atom. The van der Waals surface area contributed by atoms with Crippen LogP contribution in [0.25, 0.3) is 0 Å². The van der Waals surface area contributed by atoms with Gasteiger partial charge >= 0.3 is 0 Å². The first-order chi connectivity index (χ1) is 9.33. The summed E-state index contributed by atoms with van der Waals surface area (Å²) in [5.74, 6) is 1.85. The number of rotatable bonds is 7. The van der Waals surface area contributed by atoms with Crippen LogP contribution in [0.2, 0.25) is 0 Å². The van der Waals surface area contributed by atoms with Crippen LogP contribution in [-0.4, -0.2) is 26.1 Å². The third-order valence-corrected chi connectivity index (χ3v) is 3.09. The van der Waals surface area contributed by atoms with Gasteiger partial charge in [0.15, 0.2) is 0 Å². The maximum absolute atomic E-state index is 4.31. The molecule has 1 N–H and O–H groups in total. The van der Waals surface area contributed by atoms with E-state index in [9.17, 15) is 0 Å². The molecule has 2 heterocycles. The van der Waals surface area contributed by atoms with Gasteiger partial charge in [-0.3, -0.25) is 0 Å². The van der Waals surface area contributed by atoms with Crippen LogP contribution in [0.1, 0.15) is 31.7 Å². The molecule has 19 heavy (non-hydrogen) atoms. The van der Waals surface area contributed by atoms with Gasteiger partial charge in [0, 0.05) is 44.3 Å². The molecular formula is C14H21N5. The Kier molecular flexibility index (Phi) is 4.89. The molecule has 0 saturated carbocycles. The lowest BCUT2D eigenvalue weighted by atomic mass is 10.3. The summed E-state index contributed by atoms with van der Waals surface area (Å²) in [7, 11) is 0. The van der Waals surface area contributed by atoms with Gasteiger partial charge in [-0.15, -0.1) is 0 Å². The molecule has 2 rings (SSSR count). The Hall–Kier alpha value is -1.91. The molecular weight excluding hydrogens is 238 g/mol. The third kappa shape index (κ3) is 3.77. The second-order valence-electron chi connectivity index (χ2n) is 4.44. The highest BCUT2D eigenvalue weighted by Crippen LogP contribution is 2.03. The number of aryl methyl sites for hydroxylation is 3. The van der Waals surface area contributed by atoms with Crippen LogP contribution < -0.4 is 5.32 Å². The van der Waals surface area contributed by atoms with Crippen LogP contribution in [0, 0.1) is 0 Å². The minimum Gasteiger partial charge on any atom is -0.354 e. The van der Waals surface area contributed by atoms with Gasteiger partial charge in [-0.2, -0.15) is 0 Å². The largest absolute Gasteiger partial charge is 0.354 e. The Bertz CT molecular complexity index is 489. The van der Waals surface area contributed by atoms with Crippen molar-refractivity contribution in [1.29, 1.82) is 0 Å². The van der Waals surface area contributed by atoms with Crippen LogP contribution >= 0.6 is 0 Å². The van der Waals surface area contributed by atoms with E-state index in [1.165, 1.54) is 0 Å². The van der Waals surface area contributed by atoms with E-state index in [0.717, 1.165) is 43.7 Å². The van der Waals surface area contributed by atoms with Gasteiger partial charge in [0.2, 0.25) is 5.95 Å². The zero-order chi connectivity index (χ0) is 13.5. The third-order valence-electron chi connectivity index (χ3n) is 3.09. The molecule has 0 spiro atoms. The molecule has 0 unspecified atom stereocenters. The van der Waals surface area contributed by atoms with Crippen LogP contribution in [0.3, 0.4) is 0 Å². The summed E-state index contributed by atoms with van der Waals surface area (Å²) in [5.41, 5.74) is 1.16. The molecule has 2 aromatic rings. The molecule has 0 bridgehead atoms. The Labute approximate surface area is 114 Å². The number of hydrogen-bond donors (Lipinski definition) is 1. The molecule has 0 radical (unpaired) electrons. The fourth-order valence-electron chi connectivity index (χ4n) is 1.94. The van der Waals surface area contributed by atoms with Gasteiger partial charge in [-0.1, -0.05) is 13.8 Å². The fourth-order valence-corrected chi connectivity index (χ4v) is 1.94. The zero-order valence-corrected chi connectivity index (χ0v) is 11.6. The predicted molar refractivity (Wildman–Crippen MR) is 76.1 cm³/mol. The van der Waals surface area contributed by atoms with Gasteiger partial charge in [-0.05, 0) is 18.4 Å². The lowest BCUT2D eigenvalue weighted by Gasteiger charge is -2.07. The van der Waals surface area contributed by atoms with Crippen LogP contribution in [0.5, 0.6) is 0 Å². The highest BCUT2D eigenvalue weighted by Gasteiger charge is 2.00. The van der Waals surface area contributed by atoms with Gasteiger partial charge in [0.05, 0.1) is 0 Å². The molecule has 5 nitrogen and oxygen atoms in total. The van der Waals surface area contributed by atoms with Crippen molar-refractivity contribution in [3.63, 3.8) is 0 Å². The molecule has 0 aromatic carbocycles. The zero-order valence-electron chi connectivity index (χ0n) is 11.6.